The summed E-state index contributed by atoms with van der Waals surface area (Å²) in [6, 6.07) is 0.757. The van der Waals surface area contributed by atoms with E-state index >= 15 is 0 Å². The molecule has 2 heteroatoms. The standard InChI is InChI=1S/C17H36N2/c1-6-14(4)12-19(5)13-16-11-15(7-2)9-10-17(16)18-8-3/h14-18H,6-13H2,1-5H3. The van der Waals surface area contributed by atoms with Gasteiger partial charge in [0.05, 0.1) is 0 Å². The molecule has 0 aromatic heterocycles. The smallest absolute Gasteiger partial charge is 0.0108 e. The Morgan fingerprint density at radius 2 is 1.95 bits per heavy atom. The Morgan fingerprint density at radius 3 is 2.53 bits per heavy atom. The number of nitrogens with one attached hydrogen (secondary N) is 1. The predicted molar refractivity (Wildman–Crippen MR) is 85.5 cm³/mol. The summed E-state index contributed by atoms with van der Waals surface area (Å²) < 4.78 is 0. The molecular formula is C17H36N2. The van der Waals surface area contributed by atoms with E-state index in [4.69, 9.17) is 0 Å². The molecule has 4 unspecified atom stereocenters. The lowest BCUT2D eigenvalue weighted by atomic mass is 9.76. The van der Waals surface area contributed by atoms with Gasteiger partial charge < -0.3 is 10.2 Å². The van der Waals surface area contributed by atoms with Crippen molar-refractivity contribution in [1.82, 2.24) is 10.2 Å². The third-order valence-electron chi connectivity index (χ3n) is 5.00. The molecule has 4 atom stereocenters. The predicted octanol–water partition coefficient (Wildman–Crippen LogP) is 3.77. The van der Waals surface area contributed by atoms with Crippen molar-refractivity contribution in [2.75, 3.05) is 26.7 Å². The van der Waals surface area contributed by atoms with Crippen molar-refractivity contribution in [1.29, 1.82) is 0 Å². The van der Waals surface area contributed by atoms with Gasteiger partial charge in [0.1, 0.15) is 0 Å². The summed E-state index contributed by atoms with van der Waals surface area (Å²) in [5.41, 5.74) is 0. The Hall–Kier alpha value is -0.0800. The van der Waals surface area contributed by atoms with E-state index in [9.17, 15) is 0 Å². The van der Waals surface area contributed by atoms with Crippen LogP contribution in [0.15, 0.2) is 0 Å². The minimum atomic E-state index is 0.757. The first-order chi connectivity index (χ1) is 9.10. The maximum atomic E-state index is 3.73. The van der Waals surface area contributed by atoms with Gasteiger partial charge in [-0.25, -0.2) is 0 Å². The quantitative estimate of drug-likeness (QED) is 0.721. The van der Waals surface area contributed by atoms with Crippen LogP contribution in [-0.2, 0) is 0 Å². The molecule has 1 N–H and O–H groups in total. The van der Waals surface area contributed by atoms with Crippen molar-refractivity contribution in [3.63, 3.8) is 0 Å². The molecule has 0 heterocycles. The summed E-state index contributed by atoms with van der Waals surface area (Å²) in [6.45, 7) is 12.9. The lowest BCUT2D eigenvalue weighted by molar-refractivity contribution is 0.144. The molecule has 0 aromatic rings. The number of hydrogen-bond acceptors (Lipinski definition) is 2. The number of hydrogen-bond donors (Lipinski definition) is 1. The first-order valence-corrected chi connectivity index (χ1v) is 8.52. The molecule has 1 fully saturated rings. The second kappa shape index (κ2) is 8.97. The molecule has 0 bridgehead atoms. The molecule has 114 valence electrons. The monoisotopic (exact) mass is 268 g/mol. The van der Waals surface area contributed by atoms with Crippen molar-refractivity contribution in [2.45, 2.75) is 65.8 Å². The van der Waals surface area contributed by atoms with E-state index in [1.165, 1.54) is 45.2 Å². The molecule has 0 radical (unpaired) electrons. The minimum absolute atomic E-state index is 0.757. The van der Waals surface area contributed by atoms with Crippen molar-refractivity contribution in [2.24, 2.45) is 17.8 Å². The maximum Gasteiger partial charge on any atom is 0.0108 e. The van der Waals surface area contributed by atoms with Gasteiger partial charge in [-0.1, -0.05) is 40.5 Å². The summed E-state index contributed by atoms with van der Waals surface area (Å²) in [7, 11) is 2.31. The van der Waals surface area contributed by atoms with Crippen LogP contribution in [0.1, 0.15) is 59.8 Å². The first kappa shape index (κ1) is 17.0. The largest absolute Gasteiger partial charge is 0.314 e. The normalized spacial score (nSPS) is 29.7. The maximum absolute atomic E-state index is 3.73. The zero-order chi connectivity index (χ0) is 14.3. The van der Waals surface area contributed by atoms with Crippen molar-refractivity contribution in [3.05, 3.63) is 0 Å². The fourth-order valence-electron chi connectivity index (χ4n) is 3.60. The molecule has 1 aliphatic rings. The van der Waals surface area contributed by atoms with Crippen LogP contribution in [0.4, 0.5) is 0 Å². The van der Waals surface area contributed by atoms with Crippen LogP contribution in [0.5, 0.6) is 0 Å². The van der Waals surface area contributed by atoms with E-state index in [-0.39, 0.29) is 0 Å². The van der Waals surface area contributed by atoms with E-state index in [2.05, 4.69) is 45.0 Å². The van der Waals surface area contributed by atoms with Gasteiger partial charge in [0.15, 0.2) is 0 Å². The lowest BCUT2D eigenvalue weighted by Gasteiger charge is -2.38. The molecular weight excluding hydrogens is 232 g/mol. The van der Waals surface area contributed by atoms with Gasteiger partial charge >= 0.3 is 0 Å². The average molecular weight is 268 g/mol. The molecule has 0 saturated heterocycles. The van der Waals surface area contributed by atoms with Crippen molar-refractivity contribution in [3.8, 4) is 0 Å². The van der Waals surface area contributed by atoms with Gasteiger partial charge in [0.2, 0.25) is 0 Å². The molecule has 19 heavy (non-hydrogen) atoms. The van der Waals surface area contributed by atoms with Gasteiger partial charge in [-0.05, 0) is 50.6 Å². The zero-order valence-electron chi connectivity index (χ0n) is 13.9. The molecule has 1 saturated carbocycles. The third kappa shape index (κ3) is 5.83. The van der Waals surface area contributed by atoms with Gasteiger partial charge in [0.25, 0.3) is 0 Å². The van der Waals surface area contributed by atoms with E-state index in [1.807, 2.05) is 0 Å². The SMILES string of the molecule is CCNC1CCC(CC)CC1CN(C)CC(C)CC. The highest BCUT2D eigenvalue weighted by molar-refractivity contribution is 4.86. The summed E-state index contributed by atoms with van der Waals surface area (Å²) >= 11 is 0. The minimum Gasteiger partial charge on any atom is -0.314 e. The highest BCUT2D eigenvalue weighted by Crippen LogP contribution is 2.31. The fraction of sp³-hybridized carbons (Fsp3) is 1.00. The van der Waals surface area contributed by atoms with Crippen LogP contribution in [0, 0.1) is 17.8 Å². The fourth-order valence-corrected chi connectivity index (χ4v) is 3.60. The first-order valence-electron chi connectivity index (χ1n) is 8.52. The summed E-state index contributed by atoms with van der Waals surface area (Å²) in [4.78, 5) is 2.57. The molecule has 1 rings (SSSR count). The van der Waals surface area contributed by atoms with Crippen LogP contribution in [-0.4, -0.2) is 37.6 Å². The lowest BCUT2D eigenvalue weighted by Crippen LogP contribution is -2.45. The topological polar surface area (TPSA) is 15.3 Å². The Morgan fingerprint density at radius 1 is 1.21 bits per heavy atom. The van der Waals surface area contributed by atoms with Crippen LogP contribution in [0.3, 0.4) is 0 Å². The molecule has 0 spiro atoms. The van der Waals surface area contributed by atoms with E-state index in [0.29, 0.717) is 0 Å². The molecule has 2 nitrogen and oxygen atoms in total. The van der Waals surface area contributed by atoms with E-state index < -0.39 is 0 Å². The van der Waals surface area contributed by atoms with Gasteiger partial charge in [-0.3, -0.25) is 0 Å². The summed E-state index contributed by atoms with van der Waals surface area (Å²) in [5.74, 6) is 2.65. The Labute approximate surface area is 121 Å². The molecule has 1 aliphatic carbocycles. The Balaban J connectivity index is 2.48. The van der Waals surface area contributed by atoms with Gasteiger partial charge in [-0.2, -0.15) is 0 Å². The van der Waals surface area contributed by atoms with Gasteiger partial charge in [0, 0.05) is 19.1 Å². The zero-order valence-corrected chi connectivity index (χ0v) is 13.9. The van der Waals surface area contributed by atoms with Crippen LogP contribution >= 0.6 is 0 Å². The van der Waals surface area contributed by atoms with E-state index in [0.717, 1.165) is 30.3 Å². The van der Waals surface area contributed by atoms with Gasteiger partial charge in [-0.15, -0.1) is 0 Å². The van der Waals surface area contributed by atoms with Crippen LogP contribution in [0.2, 0.25) is 0 Å². The number of nitrogens with zero attached hydrogens (tertiary/aromatic N) is 1. The van der Waals surface area contributed by atoms with Crippen molar-refractivity contribution < 1.29 is 0 Å². The van der Waals surface area contributed by atoms with Crippen LogP contribution in [0.25, 0.3) is 0 Å². The second-order valence-corrected chi connectivity index (χ2v) is 6.75. The Kier molecular flexibility index (Phi) is 8.01. The third-order valence-corrected chi connectivity index (χ3v) is 5.00. The highest BCUT2D eigenvalue weighted by Gasteiger charge is 2.29. The van der Waals surface area contributed by atoms with E-state index in [1.54, 1.807) is 0 Å². The Bertz CT molecular complexity index is 229. The molecule has 0 amide bonds. The molecule has 0 aromatic carbocycles. The average Bonchev–Trinajstić information content (AvgIpc) is 2.40. The highest BCUT2D eigenvalue weighted by atomic mass is 15.1. The van der Waals surface area contributed by atoms with Crippen LogP contribution < -0.4 is 5.32 Å². The van der Waals surface area contributed by atoms with Crippen molar-refractivity contribution >= 4 is 0 Å². The summed E-state index contributed by atoms with van der Waals surface area (Å²) in [5, 5.41) is 3.73. The second-order valence-electron chi connectivity index (χ2n) is 6.75. The summed E-state index contributed by atoms with van der Waals surface area (Å²) in [6.07, 6.45) is 6.90. The molecule has 0 aliphatic heterocycles. The number of rotatable bonds is 8.